The fourth-order valence-electron chi connectivity index (χ4n) is 3.26. The van der Waals surface area contributed by atoms with Crippen molar-refractivity contribution >= 4 is 40.9 Å². The molecule has 0 atom stereocenters. The monoisotopic (exact) mass is 450 g/mol. The zero-order chi connectivity index (χ0) is 23.1. The van der Waals surface area contributed by atoms with Crippen molar-refractivity contribution < 1.29 is 9.59 Å². The van der Waals surface area contributed by atoms with Crippen molar-refractivity contribution in [1.29, 1.82) is 0 Å². The van der Waals surface area contributed by atoms with Gasteiger partial charge in [-0.25, -0.2) is 0 Å². The van der Waals surface area contributed by atoms with Crippen LogP contribution in [0, 0.1) is 13.8 Å². The van der Waals surface area contributed by atoms with Crippen LogP contribution in [0.25, 0.3) is 6.08 Å². The van der Waals surface area contributed by atoms with Gasteiger partial charge in [-0.05, 0) is 62.2 Å². The second kappa shape index (κ2) is 10.8. The molecule has 1 aromatic heterocycles. The average molecular weight is 451 g/mol. The minimum Gasteiger partial charge on any atom is -0.322 e. The molecule has 0 saturated carbocycles. The van der Waals surface area contributed by atoms with E-state index in [1.54, 1.807) is 42.5 Å². The minimum atomic E-state index is -0.290. The molecule has 166 valence electrons. The molecule has 0 aliphatic carbocycles. The highest BCUT2D eigenvalue weighted by Gasteiger charge is 2.15. The molecule has 7 heteroatoms. The summed E-state index contributed by atoms with van der Waals surface area (Å²) in [6.07, 6.45) is 5.24. The summed E-state index contributed by atoms with van der Waals surface area (Å²) in [5.74, 6) is -0.541. The van der Waals surface area contributed by atoms with Crippen LogP contribution in [0.4, 0.5) is 11.4 Å². The molecule has 0 unspecified atom stereocenters. The number of anilines is 2. The lowest BCUT2D eigenvalue weighted by atomic mass is 10.1. The Morgan fingerprint density at radius 2 is 1.84 bits per heavy atom. The minimum absolute atomic E-state index is 0.251. The first kappa shape index (κ1) is 23.3. The maximum Gasteiger partial charge on any atom is 0.255 e. The second-order valence-corrected chi connectivity index (χ2v) is 7.97. The Bertz CT molecular complexity index is 1130. The quantitative estimate of drug-likeness (QED) is 0.422. The molecule has 3 rings (SSSR count). The number of carbonyl (C=O) groups is 2. The van der Waals surface area contributed by atoms with Gasteiger partial charge in [-0.15, -0.1) is 0 Å². The molecule has 0 aliphatic rings. The highest BCUT2D eigenvalue weighted by molar-refractivity contribution is 6.30. The standard InChI is InChI=1S/C25H27ClN4O2/c1-4-5-15-30-18(3)24(17(2)29-30)28-25(32)20-7-6-8-22(16-20)27-23(31)14-11-19-9-12-21(26)13-10-19/h6-14,16H,4-5,15H2,1-3H3,(H,27,31)(H,28,32)/b14-11+. The lowest BCUT2D eigenvalue weighted by Crippen LogP contribution is -2.14. The summed E-state index contributed by atoms with van der Waals surface area (Å²) in [6.45, 7) is 6.79. The van der Waals surface area contributed by atoms with Crippen LogP contribution in [0.5, 0.6) is 0 Å². The number of hydrogen-bond donors (Lipinski definition) is 2. The topological polar surface area (TPSA) is 76.0 Å². The molecule has 6 nitrogen and oxygen atoms in total. The first-order valence-corrected chi connectivity index (χ1v) is 10.9. The Hall–Kier alpha value is -3.38. The van der Waals surface area contributed by atoms with Crippen LogP contribution in [-0.2, 0) is 11.3 Å². The molecular weight excluding hydrogens is 424 g/mol. The third-order valence-electron chi connectivity index (χ3n) is 5.03. The summed E-state index contributed by atoms with van der Waals surface area (Å²) in [5.41, 5.74) is 4.29. The van der Waals surface area contributed by atoms with Gasteiger partial charge in [0.05, 0.1) is 17.1 Å². The fraction of sp³-hybridized carbons (Fsp3) is 0.240. The molecule has 2 amide bonds. The maximum atomic E-state index is 12.8. The van der Waals surface area contributed by atoms with Gasteiger partial charge in [0.2, 0.25) is 5.91 Å². The summed E-state index contributed by atoms with van der Waals surface area (Å²) in [5, 5.41) is 10.9. The number of unbranched alkanes of at least 4 members (excludes halogenated alkanes) is 1. The van der Waals surface area contributed by atoms with Gasteiger partial charge in [0.1, 0.15) is 0 Å². The summed E-state index contributed by atoms with van der Waals surface area (Å²) in [6, 6.07) is 14.0. The van der Waals surface area contributed by atoms with Crippen molar-refractivity contribution in [2.75, 3.05) is 10.6 Å². The van der Waals surface area contributed by atoms with Crippen LogP contribution in [0.2, 0.25) is 5.02 Å². The molecule has 0 bridgehead atoms. The molecule has 0 spiro atoms. The van der Waals surface area contributed by atoms with Crippen LogP contribution in [0.3, 0.4) is 0 Å². The van der Waals surface area contributed by atoms with Crippen LogP contribution >= 0.6 is 11.6 Å². The van der Waals surface area contributed by atoms with E-state index in [2.05, 4.69) is 22.7 Å². The summed E-state index contributed by atoms with van der Waals surface area (Å²) in [4.78, 5) is 25.1. The van der Waals surface area contributed by atoms with Gasteiger partial charge < -0.3 is 10.6 Å². The van der Waals surface area contributed by atoms with Gasteiger partial charge in [0.15, 0.2) is 0 Å². The predicted molar refractivity (Wildman–Crippen MR) is 130 cm³/mol. The molecule has 0 fully saturated rings. The normalized spacial score (nSPS) is 11.0. The number of halogens is 1. The Morgan fingerprint density at radius 3 is 2.56 bits per heavy atom. The number of nitrogens with one attached hydrogen (secondary N) is 2. The summed E-state index contributed by atoms with van der Waals surface area (Å²) in [7, 11) is 0. The lowest BCUT2D eigenvalue weighted by Gasteiger charge is -2.08. The van der Waals surface area contributed by atoms with Crippen molar-refractivity contribution in [2.24, 2.45) is 0 Å². The number of hydrogen-bond acceptors (Lipinski definition) is 3. The van der Waals surface area contributed by atoms with E-state index in [1.165, 1.54) is 6.08 Å². The van der Waals surface area contributed by atoms with Gasteiger partial charge in [0.25, 0.3) is 5.91 Å². The second-order valence-electron chi connectivity index (χ2n) is 7.53. The number of aryl methyl sites for hydroxylation is 2. The highest BCUT2D eigenvalue weighted by Crippen LogP contribution is 2.21. The van der Waals surface area contributed by atoms with E-state index in [4.69, 9.17) is 11.6 Å². The SMILES string of the molecule is CCCCn1nc(C)c(NC(=O)c2cccc(NC(=O)/C=C/c3ccc(Cl)cc3)c2)c1C. The molecule has 2 aromatic carbocycles. The zero-order valence-electron chi connectivity index (χ0n) is 18.5. The van der Waals surface area contributed by atoms with Crippen molar-refractivity contribution in [3.63, 3.8) is 0 Å². The van der Waals surface area contributed by atoms with Gasteiger partial charge >= 0.3 is 0 Å². The Labute approximate surface area is 193 Å². The fourth-order valence-corrected chi connectivity index (χ4v) is 3.38. The Morgan fingerprint density at radius 1 is 1.09 bits per heavy atom. The van der Waals surface area contributed by atoms with Crippen molar-refractivity contribution in [2.45, 2.75) is 40.2 Å². The Balaban J connectivity index is 1.66. The maximum absolute atomic E-state index is 12.8. The van der Waals surface area contributed by atoms with Gasteiger partial charge in [-0.1, -0.05) is 43.1 Å². The van der Waals surface area contributed by atoms with E-state index >= 15 is 0 Å². The van der Waals surface area contributed by atoms with Crippen LogP contribution in [0.15, 0.2) is 54.6 Å². The number of nitrogens with zero attached hydrogens (tertiary/aromatic N) is 2. The molecule has 2 N–H and O–H groups in total. The number of benzene rings is 2. The van der Waals surface area contributed by atoms with Crippen molar-refractivity contribution in [3.05, 3.63) is 82.1 Å². The van der Waals surface area contributed by atoms with E-state index in [0.717, 1.165) is 42.0 Å². The van der Waals surface area contributed by atoms with Crippen LogP contribution < -0.4 is 10.6 Å². The lowest BCUT2D eigenvalue weighted by molar-refractivity contribution is -0.111. The van der Waals surface area contributed by atoms with Crippen LogP contribution in [0.1, 0.15) is 47.1 Å². The van der Waals surface area contributed by atoms with Crippen LogP contribution in [-0.4, -0.2) is 21.6 Å². The number of rotatable bonds is 8. The van der Waals surface area contributed by atoms with E-state index < -0.39 is 0 Å². The number of amides is 2. The number of carbonyl (C=O) groups excluding carboxylic acids is 2. The highest BCUT2D eigenvalue weighted by atomic mass is 35.5. The first-order chi connectivity index (χ1) is 15.4. The predicted octanol–water partition coefficient (Wildman–Crippen LogP) is 5.86. The first-order valence-electron chi connectivity index (χ1n) is 10.6. The summed E-state index contributed by atoms with van der Waals surface area (Å²) < 4.78 is 1.93. The number of aromatic nitrogens is 2. The molecule has 0 saturated heterocycles. The zero-order valence-corrected chi connectivity index (χ0v) is 19.2. The van der Waals surface area contributed by atoms with E-state index in [9.17, 15) is 9.59 Å². The molecule has 0 aliphatic heterocycles. The Kier molecular flexibility index (Phi) is 7.84. The molecular formula is C25H27ClN4O2. The van der Waals surface area contributed by atoms with Crippen molar-refractivity contribution in [1.82, 2.24) is 9.78 Å². The third kappa shape index (κ3) is 6.08. The van der Waals surface area contributed by atoms with Gasteiger partial charge in [-0.2, -0.15) is 5.10 Å². The van der Waals surface area contributed by atoms with Gasteiger partial charge in [0, 0.05) is 28.9 Å². The van der Waals surface area contributed by atoms with E-state index in [-0.39, 0.29) is 11.8 Å². The average Bonchev–Trinajstić information content (AvgIpc) is 3.05. The molecule has 1 heterocycles. The van der Waals surface area contributed by atoms with E-state index in [0.29, 0.717) is 16.3 Å². The van der Waals surface area contributed by atoms with E-state index in [1.807, 2.05) is 30.7 Å². The van der Waals surface area contributed by atoms with Crippen molar-refractivity contribution in [3.8, 4) is 0 Å². The third-order valence-corrected chi connectivity index (χ3v) is 5.28. The molecule has 3 aromatic rings. The smallest absolute Gasteiger partial charge is 0.255 e. The van der Waals surface area contributed by atoms with Gasteiger partial charge in [-0.3, -0.25) is 14.3 Å². The largest absolute Gasteiger partial charge is 0.322 e. The summed E-state index contributed by atoms with van der Waals surface area (Å²) >= 11 is 5.87. The molecule has 0 radical (unpaired) electrons. The molecule has 32 heavy (non-hydrogen) atoms.